The Hall–Kier alpha value is -2.41. The Morgan fingerprint density at radius 3 is 1.59 bits per heavy atom. The average molecular weight is 423 g/mol. The second-order valence-electron chi connectivity index (χ2n) is 6.66. The van der Waals surface area contributed by atoms with Crippen LogP contribution in [0.25, 0.3) is 0 Å². The Bertz CT molecular complexity index is 850. The Labute approximate surface area is 173 Å². The smallest absolute Gasteiger partial charge is 0.161 e. The van der Waals surface area contributed by atoms with Crippen LogP contribution in [0.5, 0.6) is 23.0 Å². The topological polar surface area (TPSA) is 71.1 Å². The zero-order valence-corrected chi connectivity index (χ0v) is 18.5. The van der Waals surface area contributed by atoms with E-state index in [1.54, 1.807) is 14.2 Å². The van der Waals surface area contributed by atoms with Crippen LogP contribution in [0.3, 0.4) is 0 Å². The first kappa shape index (κ1) is 22.9. The maximum absolute atomic E-state index is 11.8. The lowest BCUT2D eigenvalue weighted by atomic mass is 9.88. The fraction of sp³-hybridized carbons (Fsp3) is 0.455. The van der Waals surface area contributed by atoms with E-state index in [2.05, 4.69) is 0 Å². The van der Waals surface area contributed by atoms with Crippen LogP contribution < -0.4 is 18.9 Å². The molecular formula is C22H30O6S. The minimum absolute atomic E-state index is 0.0731. The SMILES string of the molecule is CCOc1cc(C(CCS(C)(=O)=O)c2ccc(OC)c(OCC)c2)ccc1OC. The van der Waals surface area contributed by atoms with Gasteiger partial charge in [0.1, 0.15) is 9.84 Å². The molecule has 0 saturated heterocycles. The van der Waals surface area contributed by atoms with Gasteiger partial charge >= 0.3 is 0 Å². The van der Waals surface area contributed by atoms with Gasteiger partial charge < -0.3 is 18.9 Å². The molecule has 0 fully saturated rings. The molecule has 6 nitrogen and oxygen atoms in total. The van der Waals surface area contributed by atoms with Gasteiger partial charge in [0.15, 0.2) is 23.0 Å². The van der Waals surface area contributed by atoms with Crippen LogP contribution in [0.4, 0.5) is 0 Å². The highest BCUT2D eigenvalue weighted by Gasteiger charge is 2.20. The van der Waals surface area contributed by atoms with Gasteiger partial charge in [0, 0.05) is 12.2 Å². The van der Waals surface area contributed by atoms with Crippen molar-refractivity contribution in [2.24, 2.45) is 0 Å². The second kappa shape index (κ2) is 10.4. The minimum Gasteiger partial charge on any atom is -0.493 e. The summed E-state index contributed by atoms with van der Waals surface area (Å²) in [4.78, 5) is 0. The molecule has 0 unspecified atom stereocenters. The molecule has 0 radical (unpaired) electrons. The molecule has 0 spiro atoms. The van der Waals surface area contributed by atoms with Crippen LogP contribution in [0, 0.1) is 0 Å². The van der Waals surface area contributed by atoms with Crippen molar-refractivity contribution in [3.8, 4) is 23.0 Å². The third-order valence-electron chi connectivity index (χ3n) is 4.56. The summed E-state index contributed by atoms with van der Waals surface area (Å²) in [7, 11) is 0.0741. The van der Waals surface area contributed by atoms with Crippen LogP contribution in [0.15, 0.2) is 36.4 Å². The summed E-state index contributed by atoms with van der Waals surface area (Å²) in [5, 5.41) is 0. The minimum atomic E-state index is -3.11. The number of methoxy groups -OCH3 is 2. The monoisotopic (exact) mass is 422 g/mol. The third-order valence-corrected chi connectivity index (χ3v) is 5.53. The van der Waals surface area contributed by atoms with Crippen LogP contribution in [-0.2, 0) is 9.84 Å². The molecule has 2 aromatic carbocycles. The van der Waals surface area contributed by atoms with Crippen LogP contribution >= 0.6 is 0 Å². The quantitative estimate of drug-likeness (QED) is 0.544. The summed E-state index contributed by atoms with van der Waals surface area (Å²) in [5.41, 5.74) is 1.90. The Balaban J connectivity index is 2.52. The molecule has 0 amide bonds. The molecule has 160 valence electrons. The van der Waals surface area contributed by atoms with Crippen molar-refractivity contribution in [3.05, 3.63) is 47.5 Å². The molecule has 2 aromatic rings. The predicted molar refractivity (Wildman–Crippen MR) is 114 cm³/mol. The highest BCUT2D eigenvalue weighted by molar-refractivity contribution is 7.90. The maximum atomic E-state index is 11.8. The summed E-state index contributed by atoms with van der Waals surface area (Å²) < 4.78 is 45.9. The van der Waals surface area contributed by atoms with Crippen LogP contribution in [0.2, 0.25) is 0 Å². The van der Waals surface area contributed by atoms with Crippen LogP contribution in [0.1, 0.15) is 37.3 Å². The van der Waals surface area contributed by atoms with Gasteiger partial charge in [0.25, 0.3) is 0 Å². The summed E-state index contributed by atoms with van der Waals surface area (Å²) in [6.07, 6.45) is 1.69. The van der Waals surface area contributed by atoms with E-state index in [0.29, 0.717) is 42.6 Å². The van der Waals surface area contributed by atoms with Gasteiger partial charge in [0.05, 0.1) is 33.2 Å². The first-order chi connectivity index (χ1) is 13.8. The van der Waals surface area contributed by atoms with Gasteiger partial charge in [-0.3, -0.25) is 0 Å². The van der Waals surface area contributed by atoms with Gasteiger partial charge in [-0.2, -0.15) is 0 Å². The molecular weight excluding hydrogens is 392 g/mol. The predicted octanol–water partition coefficient (Wildman–Crippen LogP) is 4.07. The van der Waals surface area contributed by atoms with E-state index < -0.39 is 9.84 Å². The molecule has 7 heteroatoms. The lowest BCUT2D eigenvalue weighted by Crippen LogP contribution is -2.11. The van der Waals surface area contributed by atoms with Crippen molar-refractivity contribution in [2.45, 2.75) is 26.2 Å². The Kier molecular flexibility index (Phi) is 8.20. The van der Waals surface area contributed by atoms with Gasteiger partial charge in [-0.05, 0) is 55.7 Å². The maximum Gasteiger partial charge on any atom is 0.161 e. The Morgan fingerprint density at radius 2 is 1.24 bits per heavy atom. The fourth-order valence-corrected chi connectivity index (χ4v) is 3.88. The standard InChI is InChI=1S/C22H30O6S/c1-6-27-21-14-16(8-10-19(21)25-3)18(12-13-29(5,23)24)17-9-11-20(26-4)22(15-17)28-7-2/h8-11,14-15,18H,6-7,12-13H2,1-5H3. The van der Waals surface area contributed by atoms with Crippen LogP contribution in [-0.4, -0.2) is 47.9 Å². The largest absolute Gasteiger partial charge is 0.493 e. The second-order valence-corrected chi connectivity index (χ2v) is 8.92. The van der Waals surface area contributed by atoms with Crippen molar-refractivity contribution in [1.29, 1.82) is 0 Å². The van der Waals surface area contributed by atoms with E-state index in [1.165, 1.54) is 6.26 Å². The molecule has 0 saturated carbocycles. The van der Waals surface area contributed by atoms with Gasteiger partial charge in [-0.1, -0.05) is 12.1 Å². The zero-order valence-electron chi connectivity index (χ0n) is 17.7. The highest BCUT2D eigenvalue weighted by Crippen LogP contribution is 2.38. The molecule has 0 N–H and O–H groups in total. The van der Waals surface area contributed by atoms with Gasteiger partial charge in [-0.15, -0.1) is 0 Å². The van der Waals surface area contributed by atoms with E-state index >= 15 is 0 Å². The lowest BCUT2D eigenvalue weighted by Gasteiger charge is -2.21. The lowest BCUT2D eigenvalue weighted by molar-refractivity contribution is 0.310. The number of benzene rings is 2. The van der Waals surface area contributed by atoms with E-state index in [-0.39, 0.29) is 11.7 Å². The van der Waals surface area contributed by atoms with Gasteiger partial charge in [-0.25, -0.2) is 8.42 Å². The van der Waals surface area contributed by atoms with E-state index in [1.807, 2.05) is 50.2 Å². The molecule has 0 aliphatic rings. The first-order valence-corrected chi connectivity index (χ1v) is 11.7. The van der Waals surface area contributed by atoms with Crippen molar-refractivity contribution >= 4 is 9.84 Å². The molecule has 0 aliphatic heterocycles. The number of rotatable bonds is 11. The first-order valence-electron chi connectivity index (χ1n) is 9.62. The molecule has 29 heavy (non-hydrogen) atoms. The molecule has 0 atom stereocenters. The summed E-state index contributed by atoms with van der Waals surface area (Å²) in [6, 6.07) is 11.4. The van der Waals surface area contributed by atoms with E-state index in [0.717, 1.165) is 11.1 Å². The number of hydrogen-bond acceptors (Lipinski definition) is 6. The van der Waals surface area contributed by atoms with E-state index in [9.17, 15) is 8.42 Å². The van der Waals surface area contributed by atoms with E-state index in [4.69, 9.17) is 18.9 Å². The van der Waals surface area contributed by atoms with Gasteiger partial charge in [0.2, 0.25) is 0 Å². The molecule has 2 rings (SSSR count). The van der Waals surface area contributed by atoms with Crippen molar-refractivity contribution < 1.29 is 27.4 Å². The summed E-state index contributed by atoms with van der Waals surface area (Å²) in [5.74, 6) is 2.47. The third kappa shape index (κ3) is 6.29. The molecule has 0 bridgehead atoms. The number of ether oxygens (including phenoxy) is 4. The number of hydrogen-bond donors (Lipinski definition) is 0. The molecule has 0 aliphatic carbocycles. The molecule has 0 aromatic heterocycles. The van der Waals surface area contributed by atoms with Crippen molar-refractivity contribution in [2.75, 3.05) is 39.4 Å². The Morgan fingerprint density at radius 1 is 0.793 bits per heavy atom. The summed E-state index contributed by atoms with van der Waals surface area (Å²) in [6.45, 7) is 4.83. The summed E-state index contributed by atoms with van der Waals surface area (Å²) >= 11 is 0. The number of sulfone groups is 1. The molecule has 0 heterocycles. The average Bonchev–Trinajstić information content (AvgIpc) is 2.68. The van der Waals surface area contributed by atoms with Crippen molar-refractivity contribution in [1.82, 2.24) is 0 Å². The highest BCUT2D eigenvalue weighted by atomic mass is 32.2. The van der Waals surface area contributed by atoms with Crippen molar-refractivity contribution in [3.63, 3.8) is 0 Å². The zero-order chi connectivity index (χ0) is 21.4. The normalized spacial score (nSPS) is 11.4. The fourth-order valence-electron chi connectivity index (χ4n) is 3.21.